The minimum Gasteiger partial charge on any atom is -0.493 e. The van der Waals surface area contributed by atoms with Crippen LogP contribution in [0.25, 0.3) is 22.8 Å². The molecule has 7 heteroatoms. The van der Waals surface area contributed by atoms with Gasteiger partial charge in [-0.3, -0.25) is 0 Å². The van der Waals surface area contributed by atoms with Gasteiger partial charge in [-0.05, 0) is 48.0 Å². The van der Waals surface area contributed by atoms with E-state index in [1.807, 2.05) is 6.07 Å². The molecule has 144 valence electrons. The summed E-state index contributed by atoms with van der Waals surface area (Å²) in [7, 11) is 3.13. The highest BCUT2D eigenvalue weighted by molar-refractivity contribution is 5.87. The monoisotopic (exact) mass is 388 g/mol. The average molecular weight is 388 g/mol. The lowest BCUT2D eigenvalue weighted by atomic mass is 10.1. The molecule has 0 bridgehead atoms. The van der Waals surface area contributed by atoms with Gasteiger partial charge < -0.3 is 22.7 Å². The minimum atomic E-state index is 0.153. The van der Waals surface area contributed by atoms with Crippen molar-refractivity contribution in [2.75, 3.05) is 14.2 Å². The molecule has 0 unspecified atom stereocenters. The number of nitriles is 1. The lowest BCUT2D eigenvalue weighted by molar-refractivity contribution is 0.355. The molecule has 0 amide bonds. The van der Waals surface area contributed by atoms with Gasteiger partial charge in [0.05, 0.1) is 32.3 Å². The molecular weight excluding hydrogens is 372 g/mol. The van der Waals surface area contributed by atoms with Gasteiger partial charge in [-0.25, -0.2) is 4.99 Å². The van der Waals surface area contributed by atoms with Gasteiger partial charge in [0, 0.05) is 6.21 Å². The molecule has 7 nitrogen and oxygen atoms in total. The Balaban J connectivity index is 1.80. The lowest BCUT2D eigenvalue weighted by Gasteiger charge is -2.07. The summed E-state index contributed by atoms with van der Waals surface area (Å²) in [6.07, 6.45) is 4.64. The Morgan fingerprint density at radius 1 is 0.966 bits per heavy atom. The normalized spacial score (nSPS) is 10.9. The summed E-state index contributed by atoms with van der Waals surface area (Å²) in [6.45, 7) is 0. The highest BCUT2D eigenvalue weighted by Gasteiger charge is 2.26. The maximum Gasteiger partial charge on any atom is 0.238 e. The van der Waals surface area contributed by atoms with Crippen LogP contribution in [0.2, 0.25) is 0 Å². The van der Waals surface area contributed by atoms with Crippen LogP contribution in [0.5, 0.6) is 11.5 Å². The van der Waals surface area contributed by atoms with Crippen molar-refractivity contribution in [3.63, 3.8) is 0 Å². The van der Waals surface area contributed by atoms with E-state index in [-0.39, 0.29) is 11.4 Å². The molecule has 0 spiro atoms. The third kappa shape index (κ3) is 3.39. The number of rotatable bonds is 6. The predicted molar refractivity (Wildman–Crippen MR) is 106 cm³/mol. The molecule has 0 fully saturated rings. The number of nitrogens with zero attached hydrogens (tertiary/aromatic N) is 2. The fourth-order valence-electron chi connectivity index (χ4n) is 2.92. The van der Waals surface area contributed by atoms with E-state index in [1.54, 1.807) is 56.8 Å². The van der Waals surface area contributed by atoms with E-state index >= 15 is 0 Å². The summed E-state index contributed by atoms with van der Waals surface area (Å²) in [4.78, 5) is 4.39. The molecule has 0 aliphatic rings. The molecule has 0 atom stereocenters. The molecule has 3 heterocycles. The Morgan fingerprint density at radius 3 is 2.31 bits per heavy atom. The zero-order valence-electron chi connectivity index (χ0n) is 15.7. The predicted octanol–water partition coefficient (Wildman–Crippen LogP) is 5.44. The molecule has 0 aliphatic heterocycles. The van der Waals surface area contributed by atoms with E-state index in [0.29, 0.717) is 34.3 Å². The Hall–Kier alpha value is -4.18. The zero-order chi connectivity index (χ0) is 20.2. The largest absolute Gasteiger partial charge is 0.493 e. The second-order valence-corrected chi connectivity index (χ2v) is 5.93. The first-order chi connectivity index (χ1) is 14.2. The van der Waals surface area contributed by atoms with Gasteiger partial charge in [-0.15, -0.1) is 0 Å². The highest BCUT2D eigenvalue weighted by atomic mass is 16.5. The molecule has 3 aromatic heterocycles. The maximum absolute atomic E-state index is 9.76. The van der Waals surface area contributed by atoms with Gasteiger partial charge in [0.25, 0.3) is 0 Å². The molecule has 4 aromatic rings. The lowest BCUT2D eigenvalue weighted by Crippen LogP contribution is -1.91. The van der Waals surface area contributed by atoms with E-state index in [9.17, 15) is 5.26 Å². The van der Waals surface area contributed by atoms with Crippen LogP contribution in [0.1, 0.15) is 11.1 Å². The van der Waals surface area contributed by atoms with Crippen molar-refractivity contribution in [1.29, 1.82) is 5.26 Å². The summed E-state index contributed by atoms with van der Waals surface area (Å²) in [6, 6.07) is 14.5. The van der Waals surface area contributed by atoms with Crippen LogP contribution < -0.4 is 9.47 Å². The standard InChI is InChI=1S/C22H16N2O5/c1-25-16-8-7-14(11-19(16)26-2)13-24-22-15(12-23)20(17-5-3-9-27-17)21(29-22)18-6-4-10-28-18/h3-11,13H,1-2H3. The molecule has 0 radical (unpaired) electrons. The van der Waals surface area contributed by atoms with Gasteiger partial charge in [0.1, 0.15) is 17.4 Å². The van der Waals surface area contributed by atoms with Crippen molar-refractivity contribution in [3.05, 3.63) is 66.1 Å². The molecule has 0 saturated heterocycles. The minimum absolute atomic E-state index is 0.153. The van der Waals surface area contributed by atoms with Crippen molar-refractivity contribution in [1.82, 2.24) is 0 Å². The smallest absolute Gasteiger partial charge is 0.238 e. The van der Waals surface area contributed by atoms with Crippen molar-refractivity contribution < 1.29 is 22.7 Å². The molecule has 29 heavy (non-hydrogen) atoms. The summed E-state index contributed by atoms with van der Waals surface area (Å²) in [5.74, 6) is 2.68. The van der Waals surface area contributed by atoms with Crippen LogP contribution in [0.15, 0.2) is 73.2 Å². The molecule has 4 rings (SSSR count). The van der Waals surface area contributed by atoms with Crippen LogP contribution in [0.4, 0.5) is 5.88 Å². The topological polar surface area (TPSA) is 94.0 Å². The van der Waals surface area contributed by atoms with E-state index < -0.39 is 0 Å². The van der Waals surface area contributed by atoms with E-state index in [0.717, 1.165) is 5.56 Å². The number of methoxy groups -OCH3 is 2. The van der Waals surface area contributed by atoms with E-state index in [1.165, 1.54) is 12.5 Å². The average Bonchev–Trinajstić information content (AvgIpc) is 3.51. The van der Waals surface area contributed by atoms with Gasteiger partial charge in [-0.1, -0.05) is 0 Å². The zero-order valence-corrected chi connectivity index (χ0v) is 15.7. The van der Waals surface area contributed by atoms with Gasteiger partial charge in [0.15, 0.2) is 23.0 Å². The first kappa shape index (κ1) is 18.2. The summed E-state index contributed by atoms with van der Waals surface area (Å²) in [5.41, 5.74) is 1.50. The van der Waals surface area contributed by atoms with Crippen LogP contribution in [0.3, 0.4) is 0 Å². The van der Waals surface area contributed by atoms with Crippen molar-refractivity contribution >= 4 is 12.1 Å². The summed E-state index contributed by atoms with van der Waals surface area (Å²) in [5, 5.41) is 9.76. The number of ether oxygens (including phenoxy) is 2. The third-order valence-electron chi connectivity index (χ3n) is 4.25. The fourth-order valence-corrected chi connectivity index (χ4v) is 2.92. The quantitative estimate of drug-likeness (QED) is 0.408. The van der Waals surface area contributed by atoms with Crippen molar-refractivity contribution in [2.45, 2.75) is 0 Å². The van der Waals surface area contributed by atoms with Crippen molar-refractivity contribution in [2.24, 2.45) is 4.99 Å². The Labute approximate surface area is 166 Å². The second-order valence-electron chi connectivity index (χ2n) is 5.93. The molecule has 0 N–H and O–H groups in total. The van der Waals surface area contributed by atoms with Gasteiger partial charge in [-0.2, -0.15) is 5.26 Å². The number of hydrogen-bond acceptors (Lipinski definition) is 7. The van der Waals surface area contributed by atoms with Crippen LogP contribution in [-0.4, -0.2) is 20.4 Å². The van der Waals surface area contributed by atoms with Crippen LogP contribution in [-0.2, 0) is 0 Å². The molecular formula is C22H16N2O5. The third-order valence-corrected chi connectivity index (χ3v) is 4.25. The molecule has 0 aliphatic carbocycles. The van der Waals surface area contributed by atoms with Gasteiger partial charge in [0.2, 0.25) is 5.88 Å². The molecule has 1 aromatic carbocycles. The number of aliphatic imine (C=N–C) groups is 1. The summed E-state index contributed by atoms with van der Waals surface area (Å²) < 4.78 is 27.4. The first-order valence-electron chi connectivity index (χ1n) is 8.66. The summed E-state index contributed by atoms with van der Waals surface area (Å²) >= 11 is 0. The van der Waals surface area contributed by atoms with E-state index in [4.69, 9.17) is 22.7 Å². The number of furan rings is 3. The number of benzene rings is 1. The Kier molecular flexibility index (Phi) is 4.91. The van der Waals surface area contributed by atoms with Crippen LogP contribution >= 0.6 is 0 Å². The Morgan fingerprint density at radius 2 is 1.69 bits per heavy atom. The SMILES string of the molecule is COc1ccc(C=Nc2oc(-c3ccco3)c(-c3ccco3)c2C#N)cc1OC. The molecule has 0 saturated carbocycles. The maximum atomic E-state index is 9.76. The van der Waals surface area contributed by atoms with E-state index in [2.05, 4.69) is 11.1 Å². The second kappa shape index (κ2) is 7.82. The van der Waals surface area contributed by atoms with Gasteiger partial charge >= 0.3 is 0 Å². The number of hydrogen-bond donors (Lipinski definition) is 0. The van der Waals surface area contributed by atoms with Crippen LogP contribution in [0, 0.1) is 11.3 Å². The Bertz CT molecular complexity index is 1180. The highest BCUT2D eigenvalue weighted by Crippen LogP contribution is 2.42. The van der Waals surface area contributed by atoms with Crippen molar-refractivity contribution in [3.8, 4) is 40.4 Å². The fraction of sp³-hybridized carbons (Fsp3) is 0.0909. The first-order valence-corrected chi connectivity index (χ1v) is 8.66.